The molecular weight excluding hydrogens is 212 g/mol. The van der Waals surface area contributed by atoms with Crippen LogP contribution in [-0.4, -0.2) is 41.8 Å². The Morgan fingerprint density at radius 3 is 2.35 bits per heavy atom. The molecule has 3 atom stereocenters. The Bertz CT molecular complexity index is 218. The average Bonchev–Trinajstić information content (AvgIpc) is 2.66. The highest BCUT2D eigenvalue weighted by Gasteiger charge is 2.32. The predicted molar refractivity (Wildman–Crippen MR) is 72.8 cm³/mol. The summed E-state index contributed by atoms with van der Waals surface area (Å²) >= 11 is 0. The average molecular weight is 242 g/mol. The lowest BCUT2D eigenvalue weighted by Gasteiger charge is -2.32. The highest BCUT2D eigenvalue weighted by Crippen LogP contribution is 2.26. The quantitative estimate of drug-likeness (QED) is 0.745. The SMILES string of the molecule is CC(C)CC(N)C(CO)N1CCC(C(C)C)C1. The molecule has 1 rings (SSSR count). The lowest BCUT2D eigenvalue weighted by atomic mass is 9.95. The summed E-state index contributed by atoms with van der Waals surface area (Å²) in [5.41, 5.74) is 6.23. The molecule has 1 heterocycles. The van der Waals surface area contributed by atoms with Crippen molar-refractivity contribution >= 4 is 0 Å². The first kappa shape index (κ1) is 14.9. The molecule has 3 unspecified atom stereocenters. The Morgan fingerprint density at radius 2 is 1.94 bits per heavy atom. The number of hydrogen-bond acceptors (Lipinski definition) is 3. The summed E-state index contributed by atoms with van der Waals surface area (Å²) in [4.78, 5) is 2.40. The van der Waals surface area contributed by atoms with Crippen molar-refractivity contribution in [3.63, 3.8) is 0 Å². The van der Waals surface area contributed by atoms with Gasteiger partial charge in [-0.1, -0.05) is 27.7 Å². The molecule has 0 radical (unpaired) electrons. The minimum atomic E-state index is 0.103. The lowest BCUT2D eigenvalue weighted by Crippen LogP contribution is -2.49. The molecule has 1 aliphatic heterocycles. The summed E-state index contributed by atoms with van der Waals surface area (Å²) in [5.74, 6) is 2.11. The third kappa shape index (κ3) is 4.23. The Hall–Kier alpha value is -0.120. The molecule has 102 valence electrons. The molecule has 1 fully saturated rings. The van der Waals surface area contributed by atoms with Crippen molar-refractivity contribution in [3.05, 3.63) is 0 Å². The van der Waals surface area contributed by atoms with E-state index in [-0.39, 0.29) is 18.7 Å². The van der Waals surface area contributed by atoms with Gasteiger partial charge in [0.15, 0.2) is 0 Å². The second-order valence-electron chi connectivity index (χ2n) is 6.33. The van der Waals surface area contributed by atoms with Crippen LogP contribution in [-0.2, 0) is 0 Å². The Morgan fingerprint density at radius 1 is 1.29 bits per heavy atom. The fourth-order valence-electron chi connectivity index (χ4n) is 2.88. The summed E-state index contributed by atoms with van der Waals surface area (Å²) in [6.45, 7) is 11.4. The number of aliphatic hydroxyl groups is 1. The van der Waals surface area contributed by atoms with E-state index in [1.54, 1.807) is 0 Å². The molecule has 0 amide bonds. The minimum Gasteiger partial charge on any atom is -0.395 e. The van der Waals surface area contributed by atoms with Crippen LogP contribution in [0.5, 0.6) is 0 Å². The van der Waals surface area contributed by atoms with Gasteiger partial charge in [-0.3, -0.25) is 4.90 Å². The normalized spacial score (nSPS) is 25.8. The van der Waals surface area contributed by atoms with Gasteiger partial charge in [0.25, 0.3) is 0 Å². The van der Waals surface area contributed by atoms with E-state index in [4.69, 9.17) is 5.73 Å². The van der Waals surface area contributed by atoms with Crippen molar-refractivity contribution in [2.45, 2.75) is 52.6 Å². The first-order chi connectivity index (χ1) is 7.95. The molecule has 0 aromatic carbocycles. The number of aliphatic hydroxyl groups excluding tert-OH is 1. The standard InChI is InChI=1S/C14H30N2O/c1-10(2)7-13(15)14(9-17)16-6-5-12(8-16)11(3)4/h10-14,17H,5-9,15H2,1-4H3. The van der Waals surface area contributed by atoms with Gasteiger partial charge in [-0.05, 0) is 37.1 Å². The minimum absolute atomic E-state index is 0.103. The van der Waals surface area contributed by atoms with Crippen LogP contribution in [0.3, 0.4) is 0 Å². The topological polar surface area (TPSA) is 49.5 Å². The van der Waals surface area contributed by atoms with E-state index in [0.717, 1.165) is 31.3 Å². The molecule has 3 nitrogen and oxygen atoms in total. The maximum Gasteiger partial charge on any atom is 0.0601 e. The maximum atomic E-state index is 9.57. The van der Waals surface area contributed by atoms with Crippen molar-refractivity contribution in [1.29, 1.82) is 0 Å². The van der Waals surface area contributed by atoms with Crippen molar-refractivity contribution < 1.29 is 5.11 Å². The first-order valence-corrected chi connectivity index (χ1v) is 7.06. The number of likely N-dealkylation sites (tertiary alicyclic amines) is 1. The van der Waals surface area contributed by atoms with Gasteiger partial charge in [-0.25, -0.2) is 0 Å². The smallest absolute Gasteiger partial charge is 0.0601 e. The molecule has 1 aliphatic rings. The van der Waals surface area contributed by atoms with E-state index < -0.39 is 0 Å². The predicted octanol–water partition coefficient (Wildman–Crippen LogP) is 1.70. The molecule has 17 heavy (non-hydrogen) atoms. The molecule has 0 saturated carbocycles. The van der Waals surface area contributed by atoms with Crippen LogP contribution in [0.2, 0.25) is 0 Å². The Labute approximate surface area is 106 Å². The third-order valence-corrected chi connectivity index (χ3v) is 4.09. The largest absolute Gasteiger partial charge is 0.395 e. The zero-order valence-electron chi connectivity index (χ0n) is 11.9. The fraction of sp³-hybridized carbons (Fsp3) is 1.00. The van der Waals surface area contributed by atoms with Gasteiger partial charge in [0.2, 0.25) is 0 Å². The number of hydrogen-bond donors (Lipinski definition) is 2. The molecule has 1 saturated heterocycles. The van der Waals surface area contributed by atoms with Crippen molar-refractivity contribution in [2.24, 2.45) is 23.5 Å². The maximum absolute atomic E-state index is 9.57. The van der Waals surface area contributed by atoms with E-state index in [9.17, 15) is 5.11 Å². The van der Waals surface area contributed by atoms with Crippen LogP contribution in [0.25, 0.3) is 0 Å². The molecule has 3 N–H and O–H groups in total. The van der Waals surface area contributed by atoms with Gasteiger partial charge in [-0.2, -0.15) is 0 Å². The summed E-state index contributed by atoms with van der Waals surface area (Å²) in [7, 11) is 0. The van der Waals surface area contributed by atoms with E-state index in [1.807, 2.05) is 0 Å². The lowest BCUT2D eigenvalue weighted by molar-refractivity contribution is 0.113. The zero-order chi connectivity index (χ0) is 13.0. The van der Waals surface area contributed by atoms with Crippen LogP contribution < -0.4 is 5.73 Å². The molecule has 3 heteroatoms. The van der Waals surface area contributed by atoms with E-state index in [0.29, 0.717) is 5.92 Å². The fourth-order valence-corrected chi connectivity index (χ4v) is 2.88. The summed E-state index contributed by atoms with van der Waals surface area (Å²) < 4.78 is 0. The van der Waals surface area contributed by atoms with E-state index in [2.05, 4.69) is 32.6 Å². The third-order valence-electron chi connectivity index (χ3n) is 4.09. The molecule has 0 aromatic rings. The zero-order valence-corrected chi connectivity index (χ0v) is 11.9. The van der Waals surface area contributed by atoms with Crippen molar-refractivity contribution in [3.8, 4) is 0 Å². The highest BCUT2D eigenvalue weighted by atomic mass is 16.3. The number of nitrogens with zero attached hydrogens (tertiary/aromatic N) is 1. The Balaban J connectivity index is 2.51. The molecule has 0 aliphatic carbocycles. The van der Waals surface area contributed by atoms with E-state index in [1.165, 1.54) is 6.42 Å². The van der Waals surface area contributed by atoms with Gasteiger partial charge in [0.1, 0.15) is 0 Å². The monoisotopic (exact) mass is 242 g/mol. The second kappa shape index (κ2) is 6.72. The van der Waals surface area contributed by atoms with Gasteiger partial charge in [0, 0.05) is 18.6 Å². The van der Waals surface area contributed by atoms with Crippen LogP contribution in [0.15, 0.2) is 0 Å². The van der Waals surface area contributed by atoms with Gasteiger partial charge >= 0.3 is 0 Å². The number of rotatable bonds is 6. The first-order valence-electron chi connectivity index (χ1n) is 7.06. The Kier molecular flexibility index (Phi) is 5.90. The summed E-state index contributed by atoms with van der Waals surface area (Å²) in [5, 5.41) is 9.57. The van der Waals surface area contributed by atoms with Gasteiger partial charge in [0.05, 0.1) is 6.61 Å². The molecule has 0 bridgehead atoms. The second-order valence-corrected chi connectivity index (χ2v) is 6.33. The molecule has 0 spiro atoms. The van der Waals surface area contributed by atoms with Crippen LogP contribution in [0.1, 0.15) is 40.5 Å². The summed E-state index contributed by atoms with van der Waals surface area (Å²) in [6, 6.07) is 0.257. The highest BCUT2D eigenvalue weighted by molar-refractivity contribution is 4.88. The van der Waals surface area contributed by atoms with Gasteiger partial charge < -0.3 is 10.8 Å². The number of nitrogens with two attached hydrogens (primary N) is 1. The van der Waals surface area contributed by atoms with Gasteiger partial charge in [-0.15, -0.1) is 0 Å². The van der Waals surface area contributed by atoms with E-state index >= 15 is 0 Å². The van der Waals surface area contributed by atoms with Crippen molar-refractivity contribution in [1.82, 2.24) is 4.90 Å². The molecule has 0 aromatic heterocycles. The summed E-state index contributed by atoms with van der Waals surface area (Å²) in [6.07, 6.45) is 2.25. The van der Waals surface area contributed by atoms with Crippen LogP contribution >= 0.6 is 0 Å². The van der Waals surface area contributed by atoms with Crippen LogP contribution in [0, 0.1) is 17.8 Å². The van der Waals surface area contributed by atoms with Crippen molar-refractivity contribution in [2.75, 3.05) is 19.7 Å². The van der Waals surface area contributed by atoms with Crippen LogP contribution in [0.4, 0.5) is 0 Å². The molecular formula is C14H30N2O.